The Labute approximate surface area is 109 Å². The zero-order chi connectivity index (χ0) is 13.1. The van der Waals surface area contributed by atoms with Gasteiger partial charge in [0.05, 0.1) is 7.11 Å². The van der Waals surface area contributed by atoms with Gasteiger partial charge in [0.2, 0.25) is 0 Å². The predicted molar refractivity (Wildman–Crippen MR) is 73.4 cm³/mol. The van der Waals surface area contributed by atoms with Gasteiger partial charge in [0.1, 0.15) is 5.75 Å². The lowest BCUT2D eigenvalue weighted by molar-refractivity contribution is 0.0888. The summed E-state index contributed by atoms with van der Waals surface area (Å²) in [5.41, 5.74) is 2.94. The summed E-state index contributed by atoms with van der Waals surface area (Å²) in [7, 11) is 1.67. The first-order valence-electron chi connectivity index (χ1n) is 6.83. The molecule has 1 fully saturated rings. The zero-order valence-electron chi connectivity index (χ0n) is 11.6. The first-order valence-corrected chi connectivity index (χ1v) is 6.83. The molecule has 1 aromatic carbocycles. The van der Waals surface area contributed by atoms with Crippen LogP contribution in [-0.4, -0.2) is 12.9 Å². The summed E-state index contributed by atoms with van der Waals surface area (Å²) in [4.78, 5) is 12.5. The molecule has 1 aliphatic carbocycles. The van der Waals surface area contributed by atoms with Crippen LogP contribution < -0.4 is 4.74 Å². The molecule has 2 rings (SSSR count). The van der Waals surface area contributed by atoms with Gasteiger partial charge in [-0.25, -0.2) is 0 Å². The highest BCUT2D eigenvalue weighted by Crippen LogP contribution is 2.31. The summed E-state index contributed by atoms with van der Waals surface area (Å²) in [5.74, 6) is 1.40. The number of Topliss-reactive ketones (excluding diaryl/α,β-unsaturated/α-hetero) is 1. The molecule has 0 amide bonds. The standard InChI is InChI=1S/C16H22O2/c1-11-9-10-14(12(2)16(11)18-3)15(17)13-7-5-4-6-8-13/h9-10,13H,4-8H2,1-3H3. The van der Waals surface area contributed by atoms with E-state index in [0.29, 0.717) is 5.78 Å². The molecule has 0 bridgehead atoms. The molecular weight excluding hydrogens is 224 g/mol. The molecule has 0 N–H and O–H groups in total. The van der Waals surface area contributed by atoms with E-state index in [-0.39, 0.29) is 5.92 Å². The van der Waals surface area contributed by atoms with Crippen molar-refractivity contribution in [1.29, 1.82) is 0 Å². The number of carbonyl (C=O) groups excluding carboxylic acids is 1. The van der Waals surface area contributed by atoms with E-state index in [1.807, 2.05) is 26.0 Å². The summed E-state index contributed by atoms with van der Waals surface area (Å²) >= 11 is 0. The van der Waals surface area contributed by atoms with E-state index in [1.54, 1.807) is 7.11 Å². The average Bonchev–Trinajstić information content (AvgIpc) is 2.40. The normalized spacial score (nSPS) is 16.6. The summed E-state index contributed by atoms with van der Waals surface area (Å²) in [5, 5.41) is 0. The molecule has 0 heterocycles. The van der Waals surface area contributed by atoms with Crippen LogP contribution in [-0.2, 0) is 0 Å². The quantitative estimate of drug-likeness (QED) is 0.751. The van der Waals surface area contributed by atoms with Crippen molar-refractivity contribution in [2.45, 2.75) is 46.0 Å². The van der Waals surface area contributed by atoms with Gasteiger partial charge in [-0.05, 0) is 32.3 Å². The fourth-order valence-corrected chi connectivity index (χ4v) is 2.99. The maximum atomic E-state index is 12.5. The molecule has 0 atom stereocenters. The van der Waals surface area contributed by atoms with Gasteiger partial charge in [-0.3, -0.25) is 4.79 Å². The number of carbonyl (C=O) groups is 1. The number of benzene rings is 1. The van der Waals surface area contributed by atoms with Gasteiger partial charge in [0, 0.05) is 17.0 Å². The Balaban J connectivity index is 2.30. The molecule has 2 nitrogen and oxygen atoms in total. The monoisotopic (exact) mass is 246 g/mol. The van der Waals surface area contributed by atoms with Crippen molar-refractivity contribution < 1.29 is 9.53 Å². The lowest BCUT2D eigenvalue weighted by atomic mass is 9.82. The van der Waals surface area contributed by atoms with Gasteiger partial charge in [-0.15, -0.1) is 0 Å². The molecular formula is C16H22O2. The van der Waals surface area contributed by atoms with E-state index < -0.39 is 0 Å². The van der Waals surface area contributed by atoms with Gasteiger partial charge in [-0.1, -0.05) is 31.4 Å². The number of hydrogen-bond donors (Lipinski definition) is 0. The maximum Gasteiger partial charge on any atom is 0.166 e. The highest BCUT2D eigenvalue weighted by molar-refractivity contribution is 5.99. The Kier molecular flexibility index (Phi) is 4.05. The Morgan fingerprint density at radius 3 is 2.44 bits per heavy atom. The summed E-state index contributed by atoms with van der Waals surface area (Å²) in [6.07, 6.45) is 5.76. The Morgan fingerprint density at radius 2 is 1.83 bits per heavy atom. The predicted octanol–water partition coefficient (Wildman–Crippen LogP) is 4.08. The third-order valence-electron chi connectivity index (χ3n) is 4.05. The molecule has 2 heteroatoms. The van der Waals surface area contributed by atoms with Crippen molar-refractivity contribution in [1.82, 2.24) is 0 Å². The van der Waals surface area contributed by atoms with Crippen molar-refractivity contribution in [3.8, 4) is 5.75 Å². The minimum atomic E-state index is 0.227. The molecule has 1 aromatic rings. The molecule has 0 spiro atoms. The van der Waals surface area contributed by atoms with Crippen molar-refractivity contribution in [2.75, 3.05) is 7.11 Å². The molecule has 1 saturated carbocycles. The largest absolute Gasteiger partial charge is 0.496 e. The second-order valence-corrected chi connectivity index (χ2v) is 5.29. The molecule has 0 aromatic heterocycles. The lowest BCUT2D eigenvalue weighted by Gasteiger charge is -2.22. The molecule has 0 aliphatic heterocycles. The minimum absolute atomic E-state index is 0.227. The number of rotatable bonds is 3. The summed E-state index contributed by atoms with van der Waals surface area (Å²) in [6.45, 7) is 4.00. The molecule has 0 saturated heterocycles. The van der Waals surface area contributed by atoms with Crippen molar-refractivity contribution in [2.24, 2.45) is 5.92 Å². The zero-order valence-corrected chi connectivity index (χ0v) is 11.6. The van der Waals surface area contributed by atoms with Crippen molar-refractivity contribution in [3.63, 3.8) is 0 Å². The SMILES string of the molecule is COc1c(C)ccc(C(=O)C2CCCCC2)c1C. The van der Waals surface area contributed by atoms with E-state index in [9.17, 15) is 4.79 Å². The van der Waals surface area contributed by atoms with Crippen LogP contribution in [0.3, 0.4) is 0 Å². The van der Waals surface area contributed by atoms with Crippen molar-refractivity contribution in [3.05, 3.63) is 28.8 Å². The van der Waals surface area contributed by atoms with Crippen LogP contribution in [0.4, 0.5) is 0 Å². The number of ketones is 1. The van der Waals surface area contributed by atoms with E-state index >= 15 is 0 Å². The van der Waals surface area contributed by atoms with Crippen LogP contribution in [0.25, 0.3) is 0 Å². The number of aryl methyl sites for hydroxylation is 1. The van der Waals surface area contributed by atoms with Gasteiger partial charge in [0.25, 0.3) is 0 Å². The molecule has 0 unspecified atom stereocenters. The smallest absolute Gasteiger partial charge is 0.166 e. The van der Waals surface area contributed by atoms with Crippen LogP contribution in [0.5, 0.6) is 5.75 Å². The third-order valence-corrected chi connectivity index (χ3v) is 4.05. The first-order chi connectivity index (χ1) is 8.65. The number of methoxy groups -OCH3 is 1. The molecule has 98 valence electrons. The second kappa shape index (κ2) is 5.55. The number of hydrogen-bond acceptors (Lipinski definition) is 2. The van der Waals surface area contributed by atoms with E-state index in [2.05, 4.69) is 0 Å². The molecule has 18 heavy (non-hydrogen) atoms. The Morgan fingerprint density at radius 1 is 1.17 bits per heavy atom. The van der Waals surface area contributed by atoms with E-state index in [4.69, 9.17) is 4.74 Å². The van der Waals surface area contributed by atoms with Crippen LogP contribution >= 0.6 is 0 Å². The number of ether oxygens (including phenoxy) is 1. The highest BCUT2D eigenvalue weighted by atomic mass is 16.5. The Hall–Kier alpha value is -1.31. The first kappa shape index (κ1) is 13.1. The van der Waals surface area contributed by atoms with Crippen molar-refractivity contribution >= 4 is 5.78 Å². The Bertz CT molecular complexity index is 443. The topological polar surface area (TPSA) is 26.3 Å². The highest BCUT2D eigenvalue weighted by Gasteiger charge is 2.24. The van der Waals surface area contributed by atoms with E-state index in [0.717, 1.165) is 35.3 Å². The summed E-state index contributed by atoms with van der Waals surface area (Å²) in [6, 6.07) is 3.95. The van der Waals surface area contributed by atoms with Crippen LogP contribution in [0, 0.1) is 19.8 Å². The average molecular weight is 246 g/mol. The summed E-state index contributed by atoms with van der Waals surface area (Å²) < 4.78 is 5.40. The fourth-order valence-electron chi connectivity index (χ4n) is 2.99. The van der Waals surface area contributed by atoms with Gasteiger partial charge >= 0.3 is 0 Å². The van der Waals surface area contributed by atoms with Crippen LogP contribution in [0.1, 0.15) is 53.6 Å². The fraction of sp³-hybridized carbons (Fsp3) is 0.562. The second-order valence-electron chi connectivity index (χ2n) is 5.29. The third kappa shape index (κ3) is 2.43. The van der Waals surface area contributed by atoms with Gasteiger partial charge in [-0.2, -0.15) is 0 Å². The minimum Gasteiger partial charge on any atom is -0.496 e. The maximum absolute atomic E-state index is 12.5. The van der Waals surface area contributed by atoms with Crippen LogP contribution in [0.2, 0.25) is 0 Å². The molecule has 1 aliphatic rings. The van der Waals surface area contributed by atoms with Gasteiger partial charge < -0.3 is 4.74 Å². The van der Waals surface area contributed by atoms with Crippen LogP contribution in [0.15, 0.2) is 12.1 Å². The van der Waals surface area contributed by atoms with Gasteiger partial charge in [0.15, 0.2) is 5.78 Å². The molecule has 0 radical (unpaired) electrons. The van der Waals surface area contributed by atoms with E-state index in [1.165, 1.54) is 19.3 Å². The lowest BCUT2D eigenvalue weighted by Crippen LogP contribution is -2.19.